The van der Waals surface area contributed by atoms with Gasteiger partial charge in [0.2, 0.25) is 5.91 Å². The number of rotatable bonds is 8. The van der Waals surface area contributed by atoms with E-state index in [2.05, 4.69) is 10.6 Å². The standard InChI is InChI=1S/C26H22FIN2O5/c27-15-9-10-22(21(28)13-15)29-25(33)23(11-12-24(31)32)30-26(34)35-14-20-18-7-3-1-5-16(18)17-6-2-4-8-19(17)20/h1-10,13,20,23H,11-12,14H2,(H,29,33)(H,30,34)(H,31,32). The number of ether oxygens (including phenoxy) is 1. The SMILES string of the molecule is O=C(O)CCC(NC(=O)OCC1c2ccccc2-c2ccccc21)C(=O)Nc1ccc(F)cc1I. The van der Waals surface area contributed by atoms with E-state index >= 15 is 0 Å². The van der Waals surface area contributed by atoms with Gasteiger partial charge >= 0.3 is 12.1 Å². The highest BCUT2D eigenvalue weighted by atomic mass is 127. The summed E-state index contributed by atoms with van der Waals surface area (Å²) < 4.78 is 19.3. The van der Waals surface area contributed by atoms with E-state index in [1.807, 2.05) is 71.1 Å². The van der Waals surface area contributed by atoms with Crippen molar-refractivity contribution in [3.8, 4) is 11.1 Å². The van der Waals surface area contributed by atoms with Crippen LogP contribution >= 0.6 is 22.6 Å². The molecule has 0 aromatic heterocycles. The molecular formula is C26H22FIN2O5. The lowest BCUT2D eigenvalue weighted by Crippen LogP contribution is -2.44. The van der Waals surface area contributed by atoms with E-state index in [-0.39, 0.29) is 25.4 Å². The largest absolute Gasteiger partial charge is 0.481 e. The Morgan fingerprint density at radius 3 is 2.23 bits per heavy atom. The first-order valence-corrected chi connectivity index (χ1v) is 12.0. The Hall–Kier alpha value is -3.47. The van der Waals surface area contributed by atoms with E-state index in [1.54, 1.807) is 0 Å². The summed E-state index contributed by atoms with van der Waals surface area (Å²) in [6.45, 7) is 0.0585. The zero-order chi connectivity index (χ0) is 24.9. The van der Waals surface area contributed by atoms with Crippen LogP contribution in [-0.4, -0.2) is 35.7 Å². The minimum atomic E-state index is -1.15. The van der Waals surface area contributed by atoms with Gasteiger partial charge in [0.1, 0.15) is 18.5 Å². The van der Waals surface area contributed by atoms with E-state index in [1.165, 1.54) is 18.2 Å². The van der Waals surface area contributed by atoms with Gasteiger partial charge < -0.3 is 20.5 Å². The Balaban J connectivity index is 1.43. The first-order chi connectivity index (χ1) is 16.8. The molecule has 7 nitrogen and oxygen atoms in total. The second-order valence-corrected chi connectivity index (χ2v) is 9.23. The van der Waals surface area contributed by atoms with Gasteiger partial charge in [-0.15, -0.1) is 0 Å². The van der Waals surface area contributed by atoms with E-state index in [0.29, 0.717) is 9.26 Å². The molecule has 0 radical (unpaired) electrons. The fourth-order valence-corrected chi connectivity index (χ4v) is 4.74. The topological polar surface area (TPSA) is 105 Å². The van der Waals surface area contributed by atoms with Crippen molar-refractivity contribution in [2.45, 2.75) is 24.8 Å². The Morgan fingerprint density at radius 2 is 1.63 bits per heavy atom. The maximum atomic E-state index is 13.4. The van der Waals surface area contributed by atoms with Gasteiger partial charge in [-0.05, 0) is 69.5 Å². The summed E-state index contributed by atoms with van der Waals surface area (Å²) in [5.41, 5.74) is 4.63. The van der Waals surface area contributed by atoms with Crippen molar-refractivity contribution in [1.29, 1.82) is 0 Å². The summed E-state index contributed by atoms with van der Waals surface area (Å²) in [6.07, 6.45) is -1.29. The lowest BCUT2D eigenvalue weighted by atomic mass is 9.98. The average molecular weight is 588 g/mol. The van der Waals surface area contributed by atoms with Crippen LogP contribution in [0.5, 0.6) is 0 Å². The lowest BCUT2D eigenvalue weighted by molar-refractivity contribution is -0.137. The molecule has 4 rings (SSSR count). The molecule has 1 unspecified atom stereocenters. The van der Waals surface area contributed by atoms with Gasteiger partial charge in [-0.25, -0.2) is 9.18 Å². The molecule has 0 bridgehead atoms. The monoisotopic (exact) mass is 588 g/mol. The number of carbonyl (C=O) groups excluding carboxylic acids is 2. The van der Waals surface area contributed by atoms with Crippen LogP contribution in [0.4, 0.5) is 14.9 Å². The van der Waals surface area contributed by atoms with E-state index in [4.69, 9.17) is 9.84 Å². The number of aliphatic carboxylic acids is 1. The third-order valence-electron chi connectivity index (χ3n) is 5.79. The highest BCUT2D eigenvalue weighted by molar-refractivity contribution is 14.1. The average Bonchev–Trinajstić information content (AvgIpc) is 3.15. The Kier molecular flexibility index (Phi) is 7.64. The molecule has 3 aromatic rings. The number of benzene rings is 3. The molecule has 0 spiro atoms. The maximum absolute atomic E-state index is 13.4. The highest BCUT2D eigenvalue weighted by Gasteiger charge is 2.30. The van der Waals surface area contributed by atoms with Crippen LogP contribution in [0.1, 0.15) is 29.9 Å². The Morgan fingerprint density at radius 1 is 1.00 bits per heavy atom. The third kappa shape index (κ3) is 5.79. The van der Waals surface area contributed by atoms with Crippen LogP contribution in [-0.2, 0) is 14.3 Å². The quantitative estimate of drug-likeness (QED) is 0.316. The second kappa shape index (κ2) is 10.9. The predicted octanol–water partition coefficient (Wildman–Crippen LogP) is 5.14. The molecule has 180 valence electrons. The molecule has 3 N–H and O–H groups in total. The van der Waals surface area contributed by atoms with Crippen molar-refractivity contribution in [1.82, 2.24) is 5.32 Å². The fraction of sp³-hybridized carbons (Fsp3) is 0.192. The predicted molar refractivity (Wildman–Crippen MR) is 137 cm³/mol. The molecule has 2 amide bonds. The second-order valence-electron chi connectivity index (χ2n) is 8.07. The molecule has 0 aliphatic heterocycles. The van der Waals surface area contributed by atoms with E-state index in [9.17, 15) is 18.8 Å². The van der Waals surface area contributed by atoms with Crippen LogP contribution in [0.15, 0.2) is 66.7 Å². The molecule has 1 aliphatic carbocycles. The first-order valence-electron chi connectivity index (χ1n) is 10.9. The van der Waals surface area contributed by atoms with Crippen molar-refractivity contribution in [3.05, 3.63) is 87.2 Å². The molecule has 1 aliphatic rings. The first kappa shape index (κ1) is 24.6. The molecular weight excluding hydrogens is 566 g/mol. The molecule has 0 saturated heterocycles. The number of amides is 2. The summed E-state index contributed by atoms with van der Waals surface area (Å²) in [5, 5.41) is 14.2. The lowest BCUT2D eigenvalue weighted by Gasteiger charge is -2.19. The Labute approximate surface area is 214 Å². The molecule has 0 saturated carbocycles. The third-order valence-corrected chi connectivity index (χ3v) is 6.68. The van der Waals surface area contributed by atoms with Crippen molar-refractivity contribution in [2.75, 3.05) is 11.9 Å². The van der Waals surface area contributed by atoms with Gasteiger partial charge in [0.05, 0.1) is 5.69 Å². The zero-order valence-corrected chi connectivity index (χ0v) is 20.6. The summed E-state index contributed by atoms with van der Waals surface area (Å²) in [6, 6.07) is 18.5. The van der Waals surface area contributed by atoms with Crippen LogP contribution in [0, 0.1) is 9.39 Å². The number of anilines is 1. The summed E-state index contributed by atoms with van der Waals surface area (Å²) in [5.74, 6) is -2.33. The van der Waals surface area contributed by atoms with Crippen LogP contribution in [0.3, 0.4) is 0 Å². The molecule has 0 fully saturated rings. The number of halogens is 2. The molecule has 3 aromatic carbocycles. The summed E-state index contributed by atoms with van der Waals surface area (Å²) in [7, 11) is 0. The fourth-order valence-electron chi connectivity index (χ4n) is 4.13. The smallest absolute Gasteiger partial charge is 0.407 e. The number of carboxylic acids is 1. The minimum Gasteiger partial charge on any atom is -0.481 e. The van der Waals surface area contributed by atoms with Crippen molar-refractivity contribution in [3.63, 3.8) is 0 Å². The minimum absolute atomic E-state index is 0.0585. The number of alkyl carbamates (subject to hydrolysis) is 1. The normalized spacial score (nSPS) is 12.9. The van der Waals surface area contributed by atoms with Gasteiger partial charge in [0, 0.05) is 15.9 Å². The summed E-state index contributed by atoms with van der Waals surface area (Å²) >= 11 is 1.87. The maximum Gasteiger partial charge on any atom is 0.407 e. The van der Waals surface area contributed by atoms with Crippen LogP contribution < -0.4 is 10.6 Å². The van der Waals surface area contributed by atoms with E-state index in [0.717, 1.165) is 22.3 Å². The number of hydrogen-bond acceptors (Lipinski definition) is 4. The Bertz CT molecular complexity index is 1240. The van der Waals surface area contributed by atoms with Gasteiger partial charge in [-0.3, -0.25) is 9.59 Å². The summed E-state index contributed by atoms with van der Waals surface area (Å²) in [4.78, 5) is 36.5. The molecule has 1 atom stereocenters. The number of carbonyl (C=O) groups is 3. The van der Waals surface area contributed by atoms with Crippen LogP contribution in [0.2, 0.25) is 0 Å². The number of carboxylic acid groups (broad SMARTS) is 1. The van der Waals surface area contributed by atoms with Gasteiger partial charge in [-0.1, -0.05) is 48.5 Å². The van der Waals surface area contributed by atoms with Gasteiger partial charge in [0.25, 0.3) is 0 Å². The molecule has 9 heteroatoms. The van der Waals surface area contributed by atoms with Gasteiger partial charge in [-0.2, -0.15) is 0 Å². The number of nitrogens with one attached hydrogen (secondary N) is 2. The van der Waals surface area contributed by atoms with Crippen LogP contribution in [0.25, 0.3) is 11.1 Å². The van der Waals surface area contributed by atoms with Crippen molar-refractivity contribution < 1.29 is 28.6 Å². The van der Waals surface area contributed by atoms with Crippen molar-refractivity contribution in [2.24, 2.45) is 0 Å². The number of hydrogen-bond donors (Lipinski definition) is 3. The van der Waals surface area contributed by atoms with E-state index < -0.39 is 29.8 Å². The highest BCUT2D eigenvalue weighted by Crippen LogP contribution is 2.44. The molecule has 0 heterocycles. The van der Waals surface area contributed by atoms with Gasteiger partial charge in [0.15, 0.2) is 0 Å². The molecule has 35 heavy (non-hydrogen) atoms. The van der Waals surface area contributed by atoms with Crippen molar-refractivity contribution >= 4 is 46.2 Å². The zero-order valence-electron chi connectivity index (χ0n) is 18.5. The number of fused-ring (bicyclic) bond motifs is 3.